The van der Waals surface area contributed by atoms with Gasteiger partial charge in [0.2, 0.25) is 0 Å². The maximum absolute atomic E-state index is 14.0. The molecule has 154 valence electrons. The molecule has 0 radical (unpaired) electrons. The van der Waals surface area contributed by atoms with Crippen molar-refractivity contribution in [3.63, 3.8) is 0 Å². The molecule has 2 atom stereocenters. The number of alkyl halides is 6. The lowest BCUT2D eigenvalue weighted by Gasteiger charge is -2.42. The third-order valence-electron chi connectivity index (χ3n) is 4.97. The predicted octanol–water partition coefficient (Wildman–Crippen LogP) is 2.54. The second-order valence-corrected chi connectivity index (χ2v) is 9.98. The average Bonchev–Trinajstić information content (AvgIpc) is 2.52. The van der Waals surface area contributed by atoms with E-state index in [1.54, 1.807) is 0 Å². The van der Waals surface area contributed by atoms with E-state index >= 15 is 0 Å². The molecule has 14 heteroatoms. The Morgan fingerprint density at radius 3 is 1.81 bits per heavy atom. The molecule has 0 bridgehead atoms. The van der Waals surface area contributed by atoms with Crippen LogP contribution in [-0.2, 0) is 20.1 Å². The molecule has 26 heavy (non-hydrogen) atoms. The van der Waals surface area contributed by atoms with Crippen molar-refractivity contribution >= 4 is 20.1 Å². The lowest BCUT2D eigenvalue weighted by atomic mass is 9.76. The summed E-state index contributed by atoms with van der Waals surface area (Å²) in [4.78, 5) is 0. The molecule has 2 rings (SSSR count). The molecule has 1 saturated heterocycles. The minimum absolute atomic E-state index is 0.00741. The quantitative estimate of drug-likeness (QED) is 0.532. The SMILES string of the molecule is O=S(=O)(O)C(F)(F)C(F)(F)C(F)(F)S(=O)(=O)N1CC[C@H]2CCCC[C@H]2C1. The van der Waals surface area contributed by atoms with E-state index in [0.717, 1.165) is 12.8 Å². The summed E-state index contributed by atoms with van der Waals surface area (Å²) in [7, 11) is -13.3. The standard InChI is InChI=1S/C12H17F6NO5S2/c13-10(14,12(17,18)26(22,23)24)11(15,16)25(20,21)19-6-5-8-3-1-2-4-9(8)7-19/h8-9H,1-7H2,(H,22,23,24)/t8-,9+/m1/s1. The van der Waals surface area contributed by atoms with Crippen molar-refractivity contribution < 1.29 is 47.7 Å². The molecule has 0 aromatic heterocycles. The molecule has 2 fully saturated rings. The maximum Gasteiger partial charge on any atom is 0.439 e. The summed E-state index contributed by atoms with van der Waals surface area (Å²) < 4.78 is 135. The van der Waals surface area contributed by atoms with Crippen molar-refractivity contribution in [3.05, 3.63) is 0 Å². The molecule has 0 spiro atoms. The smallest absolute Gasteiger partial charge is 0.281 e. The minimum Gasteiger partial charge on any atom is -0.281 e. The summed E-state index contributed by atoms with van der Waals surface area (Å²) >= 11 is 0. The second-order valence-electron chi connectivity index (χ2n) is 6.54. The molecule has 6 nitrogen and oxygen atoms in total. The molecule has 0 aromatic carbocycles. The maximum atomic E-state index is 14.0. The first-order valence-electron chi connectivity index (χ1n) is 7.67. The highest BCUT2D eigenvalue weighted by Gasteiger charge is 2.82. The van der Waals surface area contributed by atoms with E-state index in [1.807, 2.05) is 0 Å². The third kappa shape index (κ3) is 3.11. The summed E-state index contributed by atoms with van der Waals surface area (Å²) in [6.07, 6.45) is 2.89. The zero-order valence-electron chi connectivity index (χ0n) is 13.2. The number of hydrogen-bond acceptors (Lipinski definition) is 4. The van der Waals surface area contributed by atoms with Crippen molar-refractivity contribution in [2.45, 2.75) is 48.5 Å². The molecule has 1 saturated carbocycles. The summed E-state index contributed by atoms with van der Waals surface area (Å²) in [6.45, 7) is -1.09. The summed E-state index contributed by atoms with van der Waals surface area (Å²) in [5.41, 5.74) is 0. The molecule has 0 aromatic rings. The van der Waals surface area contributed by atoms with Gasteiger partial charge in [-0.3, -0.25) is 4.55 Å². The van der Waals surface area contributed by atoms with Crippen LogP contribution in [0.25, 0.3) is 0 Å². The van der Waals surface area contributed by atoms with Gasteiger partial charge < -0.3 is 0 Å². The van der Waals surface area contributed by atoms with Crippen LogP contribution in [-0.4, -0.2) is 55.2 Å². The monoisotopic (exact) mass is 433 g/mol. The first kappa shape index (κ1) is 21.7. The lowest BCUT2D eigenvalue weighted by molar-refractivity contribution is -0.247. The number of hydrogen-bond donors (Lipinski definition) is 1. The number of sulfonamides is 1. The highest BCUT2D eigenvalue weighted by atomic mass is 32.2. The van der Waals surface area contributed by atoms with Crippen LogP contribution in [0.4, 0.5) is 26.3 Å². The van der Waals surface area contributed by atoms with Gasteiger partial charge in [0.25, 0.3) is 10.0 Å². The van der Waals surface area contributed by atoms with Crippen molar-refractivity contribution in [3.8, 4) is 0 Å². The van der Waals surface area contributed by atoms with Crippen LogP contribution in [0.1, 0.15) is 32.1 Å². The Morgan fingerprint density at radius 2 is 1.31 bits per heavy atom. The van der Waals surface area contributed by atoms with E-state index in [2.05, 4.69) is 0 Å². The molecular weight excluding hydrogens is 416 g/mol. The largest absolute Gasteiger partial charge is 0.439 e. The predicted molar refractivity (Wildman–Crippen MR) is 76.9 cm³/mol. The van der Waals surface area contributed by atoms with Crippen molar-refractivity contribution in [1.29, 1.82) is 0 Å². The molecular formula is C12H17F6NO5S2. The fourth-order valence-electron chi connectivity index (χ4n) is 3.44. The minimum atomic E-state index is -7.00. The Morgan fingerprint density at radius 1 is 0.808 bits per heavy atom. The molecule has 0 amide bonds. The third-order valence-corrected chi connectivity index (χ3v) is 7.79. The topological polar surface area (TPSA) is 91.7 Å². The van der Waals surface area contributed by atoms with Crippen LogP contribution in [0.2, 0.25) is 0 Å². The molecule has 1 aliphatic heterocycles. The average molecular weight is 433 g/mol. The zero-order valence-corrected chi connectivity index (χ0v) is 14.8. The number of nitrogens with zero attached hydrogens (tertiary/aromatic N) is 1. The van der Waals surface area contributed by atoms with Gasteiger partial charge in [-0.2, -0.15) is 39.1 Å². The van der Waals surface area contributed by atoms with E-state index in [1.165, 1.54) is 0 Å². The molecule has 1 N–H and O–H groups in total. The second kappa shape index (κ2) is 6.48. The molecule has 0 unspecified atom stereocenters. The Kier molecular flexibility index (Phi) is 5.41. The number of halogens is 6. The van der Waals surface area contributed by atoms with Crippen LogP contribution in [0.15, 0.2) is 0 Å². The van der Waals surface area contributed by atoms with Crippen molar-refractivity contribution in [2.24, 2.45) is 11.8 Å². The van der Waals surface area contributed by atoms with Gasteiger partial charge in [-0.05, 0) is 24.7 Å². The lowest BCUT2D eigenvalue weighted by Crippen LogP contribution is -2.64. The molecule has 2 aliphatic rings. The van der Waals surface area contributed by atoms with Crippen LogP contribution < -0.4 is 0 Å². The van der Waals surface area contributed by atoms with E-state index < -0.39 is 49.7 Å². The van der Waals surface area contributed by atoms with Gasteiger partial charge in [0, 0.05) is 13.1 Å². The van der Waals surface area contributed by atoms with E-state index in [-0.39, 0.29) is 22.6 Å². The number of rotatable bonds is 5. The first-order chi connectivity index (χ1) is 11.6. The van der Waals surface area contributed by atoms with Gasteiger partial charge in [-0.15, -0.1) is 0 Å². The normalized spacial score (nSPS) is 27.2. The molecule has 1 aliphatic carbocycles. The van der Waals surface area contributed by atoms with Gasteiger partial charge in [0.05, 0.1) is 0 Å². The van der Waals surface area contributed by atoms with E-state index in [4.69, 9.17) is 4.55 Å². The van der Waals surface area contributed by atoms with Gasteiger partial charge in [0.15, 0.2) is 0 Å². The van der Waals surface area contributed by atoms with Crippen LogP contribution in [0.3, 0.4) is 0 Å². The molecule has 1 heterocycles. The zero-order chi connectivity index (χ0) is 20.2. The number of piperidine rings is 1. The van der Waals surface area contributed by atoms with Crippen molar-refractivity contribution in [1.82, 2.24) is 4.31 Å². The Hall–Kier alpha value is -0.600. The Labute approximate surface area is 146 Å². The summed E-state index contributed by atoms with van der Waals surface area (Å²) in [5.74, 6) is -7.21. The fourth-order valence-corrected chi connectivity index (χ4v) is 5.47. The van der Waals surface area contributed by atoms with Crippen LogP contribution in [0.5, 0.6) is 0 Å². The van der Waals surface area contributed by atoms with Crippen molar-refractivity contribution in [2.75, 3.05) is 13.1 Å². The summed E-state index contributed by atoms with van der Waals surface area (Å²) in [5, 5.41) is -13.1. The Bertz CT molecular complexity index is 754. The van der Waals surface area contributed by atoms with Crippen LogP contribution >= 0.6 is 0 Å². The van der Waals surface area contributed by atoms with E-state index in [0.29, 0.717) is 12.8 Å². The van der Waals surface area contributed by atoms with Gasteiger partial charge >= 0.3 is 26.5 Å². The highest BCUT2D eigenvalue weighted by molar-refractivity contribution is 7.90. The first-order valence-corrected chi connectivity index (χ1v) is 10.6. The van der Waals surface area contributed by atoms with Gasteiger partial charge in [0.1, 0.15) is 0 Å². The van der Waals surface area contributed by atoms with Crippen LogP contribution in [0, 0.1) is 11.8 Å². The number of fused-ring (bicyclic) bond motifs is 1. The fraction of sp³-hybridized carbons (Fsp3) is 1.00. The highest BCUT2D eigenvalue weighted by Crippen LogP contribution is 2.52. The van der Waals surface area contributed by atoms with Gasteiger partial charge in [-0.1, -0.05) is 19.3 Å². The Balaban J connectivity index is 2.37. The van der Waals surface area contributed by atoms with E-state index in [9.17, 15) is 43.2 Å². The summed E-state index contributed by atoms with van der Waals surface area (Å²) in [6, 6.07) is 0. The van der Waals surface area contributed by atoms with Gasteiger partial charge in [-0.25, -0.2) is 8.42 Å².